The molecular weight excluding hydrogens is 244 g/mol. The second-order valence-corrected chi connectivity index (χ2v) is 4.89. The molecule has 0 saturated heterocycles. The first-order chi connectivity index (χ1) is 9.77. The van der Waals surface area contributed by atoms with Gasteiger partial charge in [0.15, 0.2) is 0 Å². The number of hydrogen-bond donors (Lipinski definition) is 1. The van der Waals surface area contributed by atoms with Gasteiger partial charge in [0.2, 0.25) is 0 Å². The Balaban J connectivity index is 2.22. The number of aryl methyl sites for hydroxylation is 1. The fourth-order valence-electron chi connectivity index (χ4n) is 2.51. The van der Waals surface area contributed by atoms with Crippen molar-refractivity contribution in [3.05, 3.63) is 78.4 Å². The van der Waals surface area contributed by atoms with Crippen molar-refractivity contribution in [3.63, 3.8) is 0 Å². The second kappa shape index (κ2) is 5.22. The van der Waals surface area contributed by atoms with E-state index in [4.69, 9.17) is 0 Å². The molecule has 98 valence electrons. The van der Waals surface area contributed by atoms with Crippen molar-refractivity contribution in [2.45, 2.75) is 6.92 Å². The van der Waals surface area contributed by atoms with Crippen LogP contribution >= 0.6 is 0 Å². The van der Waals surface area contributed by atoms with Crippen LogP contribution in [0.25, 0.3) is 22.3 Å². The van der Waals surface area contributed by atoms with Gasteiger partial charge in [0, 0.05) is 11.1 Å². The Labute approximate surface area is 119 Å². The van der Waals surface area contributed by atoms with Crippen LogP contribution in [0.15, 0.2) is 72.8 Å². The third-order valence-corrected chi connectivity index (χ3v) is 3.53. The third-order valence-electron chi connectivity index (χ3n) is 3.53. The van der Waals surface area contributed by atoms with Crippen LogP contribution in [-0.2, 0) is 0 Å². The van der Waals surface area contributed by atoms with Crippen LogP contribution in [-0.4, -0.2) is 5.11 Å². The van der Waals surface area contributed by atoms with Crippen molar-refractivity contribution in [1.82, 2.24) is 0 Å². The molecule has 0 saturated carbocycles. The van der Waals surface area contributed by atoms with Gasteiger partial charge in [-0.05, 0) is 23.6 Å². The van der Waals surface area contributed by atoms with Gasteiger partial charge in [0.05, 0.1) is 0 Å². The van der Waals surface area contributed by atoms with E-state index in [0.29, 0.717) is 5.75 Å². The minimum absolute atomic E-state index is 0.349. The van der Waals surface area contributed by atoms with Crippen molar-refractivity contribution >= 4 is 0 Å². The molecule has 3 aromatic carbocycles. The highest BCUT2D eigenvalue weighted by atomic mass is 16.3. The highest BCUT2D eigenvalue weighted by Crippen LogP contribution is 2.39. The van der Waals surface area contributed by atoms with Crippen molar-refractivity contribution in [2.24, 2.45) is 0 Å². The van der Waals surface area contributed by atoms with Gasteiger partial charge in [0.1, 0.15) is 5.75 Å². The quantitative estimate of drug-likeness (QED) is 0.684. The molecule has 0 bridgehead atoms. The van der Waals surface area contributed by atoms with Crippen molar-refractivity contribution in [2.75, 3.05) is 0 Å². The largest absolute Gasteiger partial charge is 0.507 e. The van der Waals surface area contributed by atoms with Crippen LogP contribution in [0.1, 0.15) is 5.56 Å². The summed E-state index contributed by atoms with van der Waals surface area (Å²) >= 11 is 0. The normalized spacial score (nSPS) is 10.4. The Bertz CT molecular complexity index is 716. The molecule has 0 radical (unpaired) electrons. The maximum absolute atomic E-state index is 10.7. The Kier molecular flexibility index (Phi) is 3.26. The molecule has 0 aliphatic heterocycles. The number of aromatic hydroxyl groups is 1. The number of phenolic OH excluding ortho intramolecular Hbond substituents is 1. The lowest BCUT2D eigenvalue weighted by Crippen LogP contribution is -1.88. The van der Waals surface area contributed by atoms with Crippen LogP contribution in [0.2, 0.25) is 0 Å². The van der Waals surface area contributed by atoms with Gasteiger partial charge in [-0.25, -0.2) is 0 Å². The molecule has 0 unspecified atom stereocenters. The summed E-state index contributed by atoms with van der Waals surface area (Å²) in [6, 6.07) is 24.0. The number of hydrogen-bond acceptors (Lipinski definition) is 1. The Hall–Kier alpha value is -2.54. The lowest BCUT2D eigenvalue weighted by atomic mass is 9.94. The van der Waals surface area contributed by atoms with E-state index in [0.717, 1.165) is 27.8 Å². The van der Waals surface area contributed by atoms with E-state index in [1.807, 2.05) is 73.7 Å². The van der Waals surface area contributed by atoms with E-state index >= 15 is 0 Å². The molecule has 1 nitrogen and oxygen atoms in total. The first-order valence-corrected chi connectivity index (χ1v) is 6.71. The van der Waals surface area contributed by atoms with E-state index in [9.17, 15) is 5.11 Å². The number of rotatable bonds is 2. The molecule has 3 aromatic rings. The van der Waals surface area contributed by atoms with Gasteiger partial charge >= 0.3 is 0 Å². The summed E-state index contributed by atoms with van der Waals surface area (Å²) in [5, 5.41) is 10.7. The zero-order valence-corrected chi connectivity index (χ0v) is 11.4. The first kappa shape index (κ1) is 12.5. The van der Waals surface area contributed by atoms with Gasteiger partial charge in [-0.3, -0.25) is 0 Å². The predicted octanol–water partition coefficient (Wildman–Crippen LogP) is 5.03. The van der Waals surface area contributed by atoms with Crippen LogP contribution in [0.4, 0.5) is 0 Å². The molecular formula is C19H16O. The fourth-order valence-corrected chi connectivity index (χ4v) is 2.51. The third kappa shape index (κ3) is 2.19. The van der Waals surface area contributed by atoms with Crippen molar-refractivity contribution < 1.29 is 5.11 Å². The fraction of sp³-hybridized carbons (Fsp3) is 0.0526. The summed E-state index contributed by atoms with van der Waals surface area (Å²) in [4.78, 5) is 0. The monoisotopic (exact) mass is 260 g/mol. The Morgan fingerprint density at radius 3 is 1.80 bits per heavy atom. The summed E-state index contributed by atoms with van der Waals surface area (Å²) in [7, 11) is 0. The smallest absolute Gasteiger partial charge is 0.131 e. The van der Waals surface area contributed by atoms with Gasteiger partial charge in [0.25, 0.3) is 0 Å². The molecule has 0 heterocycles. The highest BCUT2D eigenvalue weighted by molar-refractivity contribution is 5.83. The van der Waals surface area contributed by atoms with Crippen molar-refractivity contribution in [3.8, 4) is 28.0 Å². The lowest BCUT2D eigenvalue weighted by Gasteiger charge is -2.13. The minimum atomic E-state index is 0.349. The van der Waals surface area contributed by atoms with Gasteiger partial charge in [-0.1, -0.05) is 72.8 Å². The van der Waals surface area contributed by atoms with E-state index in [1.54, 1.807) is 0 Å². The maximum atomic E-state index is 10.7. The standard InChI is InChI=1S/C19H16O/c1-14-12-13-17(15-8-4-2-5-9-15)19(20)18(14)16-10-6-3-7-11-16/h2-13,20H,1H3. The Morgan fingerprint density at radius 1 is 0.650 bits per heavy atom. The van der Waals surface area contributed by atoms with Crippen LogP contribution in [0.5, 0.6) is 5.75 Å². The summed E-state index contributed by atoms with van der Waals surface area (Å²) in [5.41, 5.74) is 4.93. The topological polar surface area (TPSA) is 20.2 Å². The molecule has 0 aliphatic rings. The van der Waals surface area contributed by atoms with E-state index < -0.39 is 0 Å². The van der Waals surface area contributed by atoms with Crippen molar-refractivity contribution in [1.29, 1.82) is 0 Å². The summed E-state index contributed by atoms with van der Waals surface area (Å²) < 4.78 is 0. The maximum Gasteiger partial charge on any atom is 0.131 e. The van der Waals surface area contributed by atoms with Gasteiger partial charge < -0.3 is 5.11 Å². The second-order valence-electron chi connectivity index (χ2n) is 4.89. The first-order valence-electron chi connectivity index (χ1n) is 6.71. The number of phenols is 1. The molecule has 0 amide bonds. The van der Waals surface area contributed by atoms with Crippen LogP contribution < -0.4 is 0 Å². The van der Waals surface area contributed by atoms with Crippen LogP contribution in [0, 0.1) is 6.92 Å². The average molecular weight is 260 g/mol. The SMILES string of the molecule is Cc1ccc(-c2ccccc2)c(O)c1-c1ccccc1. The van der Waals surface area contributed by atoms with E-state index in [-0.39, 0.29) is 0 Å². The van der Waals surface area contributed by atoms with E-state index in [1.165, 1.54) is 0 Å². The van der Waals surface area contributed by atoms with Gasteiger partial charge in [-0.2, -0.15) is 0 Å². The van der Waals surface area contributed by atoms with Gasteiger partial charge in [-0.15, -0.1) is 0 Å². The summed E-state index contributed by atoms with van der Waals surface area (Å²) in [6.07, 6.45) is 0. The lowest BCUT2D eigenvalue weighted by molar-refractivity contribution is 0.479. The predicted molar refractivity (Wildman–Crippen MR) is 83.7 cm³/mol. The highest BCUT2D eigenvalue weighted by Gasteiger charge is 2.13. The van der Waals surface area contributed by atoms with Crippen LogP contribution in [0.3, 0.4) is 0 Å². The zero-order valence-electron chi connectivity index (χ0n) is 11.4. The van der Waals surface area contributed by atoms with E-state index in [2.05, 4.69) is 6.07 Å². The molecule has 1 heteroatoms. The minimum Gasteiger partial charge on any atom is -0.507 e. The molecule has 0 atom stereocenters. The summed E-state index contributed by atoms with van der Waals surface area (Å²) in [6.45, 7) is 2.02. The Morgan fingerprint density at radius 2 is 1.20 bits per heavy atom. The molecule has 0 aromatic heterocycles. The number of benzene rings is 3. The molecule has 0 spiro atoms. The average Bonchev–Trinajstić information content (AvgIpc) is 2.49. The molecule has 1 N–H and O–H groups in total. The molecule has 20 heavy (non-hydrogen) atoms. The molecule has 3 rings (SSSR count). The molecule has 0 fully saturated rings. The molecule has 0 aliphatic carbocycles. The summed E-state index contributed by atoms with van der Waals surface area (Å²) in [5.74, 6) is 0.349. The zero-order chi connectivity index (χ0) is 13.9.